The molecule has 0 aromatic heterocycles. The van der Waals surface area contributed by atoms with Crippen LogP contribution in [0.3, 0.4) is 0 Å². The normalized spacial score (nSPS) is 17.8. The van der Waals surface area contributed by atoms with Crippen molar-refractivity contribution in [3.05, 3.63) is 18.2 Å². The van der Waals surface area contributed by atoms with E-state index in [1.807, 2.05) is 29.4 Å². The molecule has 1 aliphatic rings. The molecule has 0 aliphatic carbocycles. The number of methoxy groups -OCH3 is 2. The minimum absolute atomic E-state index is 0. The molecule has 8 heteroatoms. The molecule has 1 saturated heterocycles. The minimum Gasteiger partial charge on any atom is -0.497 e. The summed E-state index contributed by atoms with van der Waals surface area (Å²) in [7, 11) is 3.27. The van der Waals surface area contributed by atoms with Crippen LogP contribution in [0.1, 0.15) is 19.3 Å². The standard InChI is InChI=1S/C18H29N3O3S.ClH/c1-23-15-9-14(10-16(11-15)24-2)20-13-5-4-7-21(12-13)18(22)17(19)6-8-25-3;/h9-11,13,17,20H,4-8,12,19H2,1-3H3;1H. The maximum atomic E-state index is 12.5. The van der Waals surface area contributed by atoms with Gasteiger partial charge in [0.15, 0.2) is 0 Å². The van der Waals surface area contributed by atoms with Crippen LogP contribution in [-0.2, 0) is 4.79 Å². The van der Waals surface area contributed by atoms with Gasteiger partial charge in [0.1, 0.15) is 11.5 Å². The number of benzene rings is 1. The second-order valence-electron chi connectivity index (χ2n) is 6.26. The van der Waals surface area contributed by atoms with Crippen LogP contribution < -0.4 is 20.5 Å². The summed E-state index contributed by atoms with van der Waals surface area (Å²) >= 11 is 1.72. The van der Waals surface area contributed by atoms with Gasteiger partial charge >= 0.3 is 0 Å². The molecule has 2 rings (SSSR count). The van der Waals surface area contributed by atoms with E-state index in [9.17, 15) is 4.79 Å². The quantitative estimate of drug-likeness (QED) is 0.694. The van der Waals surface area contributed by atoms with E-state index in [-0.39, 0.29) is 24.4 Å². The van der Waals surface area contributed by atoms with E-state index in [0.29, 0.717) is 6.54 Å². The number of hydrogen-bond acceptors (Lipinski definition) is 6. The molecule has 0 spiro atoms. The fourth-order valence-electron chi connectivity index (χ4n) is 3.02. The highest BCUT2D eigenvalue weighted by Gasteiger charge is 2.27. The van der Waals surface area contributed by atoms with Crippen LogP contribution in [0.15, 0.2) is 18.2 Å². The van der Waals surface area contributed by atoms with Crippen molar-refractivity contribution in [2.45, 2.75) is 31.3 Å². The number of carbonyl (C=O) groups is 1. The van der Waals surface area contributed by atoms with Crippen molar-refractivity contribution in [1.82, 2.24) is 4.90 Å². The predicted molar refractivity (Wildman–Crippen MR) is 111 cm³/mol. The SMILES string of the molecule is COc1cc(NC2CCCN(C(=O)C(N)CCSC)C2)cc(OC)c1.Cl. The molecule has 1 aromatic rings. The molecule has 1 aromatic carbocycles. The molecule has 1 fully saturated rings. The Labute approximate surface area is 166 Å². The zero-order valence-corrected chi connectivity index (χ0v) is 17.3. The lowest BCUT2D eigenvalue weighted by molar-refractivity contribution is -0.133. The van der Waals surface area contributed by atoms with Crippen LogP contribution in [0.5, 0.6) is 11.5 Å². The monoisotopic (exact) mass is 403 g/mol. The zero-order valence-electron chi connectivity index (χ0n) is 15.7. The molecular weight excluding hydrogens is 374 g/mol. The van der Waals surface area contributed by atoms with Gasteiger partial charge in [-0.05, 0) is 31.3 Å². The first kappa shape index (κ1) is 22.7. The van der Waals surface area contributed by atoms with E-state index in [0.717, 1.165) is 48.7 Å². The van der Waals surface area contributed by atoms with Crippen LogP contribution in [0.2, 0.25) is 0 Å². The lowest BCUT2D eigenvalue weighted by Gasteiger charge is -2.35. The van der Waals surface area contributed by atoms with Crippen molar-refractivity contribution >= 4 is 35.8 Å². The summed E-state index contributed by atoms with van der Waals surface area (Å²) in [6.45, 7) is 1.46. The molecule has 1 aliphatic heterocycles. The zero-order chi connectivity index (χ0) is 18.2. The Morgan fingerprint density at radius 3 is 2.58 bits per heavy atom. The molecule has 6 nitrogen and oxygen atoms in total. The van der Waals surface area contributed by atoms with Gasteiger partial charge in [-0.15, -0.1) is 12.4 Å². The summed E-state index contributed by atoms with van der Waals surface area (Å²) in [5.41, 5.74) is 6.98. The highest BCUT2D eigenvalue weighted by molar-refractivity contribution is 7.98. The Hall–Kier alpha value is -1.31. The van der Waals surface area contributed by atoms with Crippen molar-refractivity contribution in [3.63, 3.8) is 0 Å². The summed E-state index contributed by atoms with van der Waals surface area (Å²) in [5.74, 6) is 2.45. The van der Waals surface area contributed by atoms with Gasteiger partial charge in [0.2, 0.25) is 5.91 Å². The lowest BCUT2D eigenvalue weighted by Crippen LogP contribution is -2.51. The van der Waals surface area contributed by atoms with Crippen LogP contribution in [0, 0.1) is 0 Å². The maximum absolute atomic E-state index is 12.5. The third kappa shape index (κ3) is 6.45. The number of nitrogens with one attached hydrogen (secondary N) is 1. The van der Waals surface area contributed by atoms with Gasteiger partial charge < -0.3 is 25.4 Å². The van der Waals surface area contributed by atoms with Crippen LogP contribution in [0.4, 0.5) is 5.69 Å². The van der Waals surface area contributed by atoms with E-state index >= 15 is 0 Å². The third-order valence-corrected chi connectivity index (χ3v) is 5.05. The Bertz CT molecular complexity index is 554. The van der Waals surface area contributed by atoms with Gasteiger partial charge in [-0.1, -0.05) is 0 Å². The lowest BCUT2D eigenvalue weighted by atomic mass is 10.0. The molecule has 1 heterocycles. The molecule has 2 atom stereocenters. The van der Waals surface area contributed by atoms with Crippen molar-refractivity contribution in [2.75, 3.05) is 44.6 Å². The maximum Gasteiger partial charge on any atom is 0.239 e. The fraction of sp³-hybridized carbons (Fsp3) is 0.611. The van der Waals surface area contributed by atoms with E-state index < -0.39 is 6.04 Å². The molecule has 148 valence electrons. The van der Waals surface area contributed by atoms with Crippen molar-refractivity contribution in [3.8, 4) is 11.5 Å². The fourth-order valence-corrected chi connectivity index (χ4v) is 3.51. The Morgan fingerprint density at radius 2 is 2.00 bits per heavy atom. The third-order valence-electron chi connectivity index (χ3n) is 4.41. The number of rotatable bonds is 8. The first-order valence-electron chi connectivity index (χ1n) is 8.60. The first-order chi connectivity index (χ1) is 12.1. The molecular formula is C18H30ClN3O3S. The highest BCUT2D eigenvalue weighted by Crippen LogP contribution is 2.27. The smallest absolute Gasteiger partial charge is 0.239 e. The largest absolute Gasteiger partial charge is 0.497 e. The minimum atomic E-state index is -0.400. The van der Waals surface area contributed by atoms with Gasteiger partial charge in [0.05, 0.1) is 20.3 Å². The first-order valence-corrected chi connectivity index (χ1v) is 9.99. The number of carbonyl (C=O) groups excluding carboxylic acids is 1. The Kier molecular flexibility index (Phi) is 9.98. The number of amides is 1. The Balaban J connectivity index is 0.00000338. The van der Waals surface area contributed by atoms with E-state index in [1.54, 1.807) is 26.0 Å². The number of ether oxygens (including phenoxy) is 2. The van der Waals surface area contributed by atoms with Gasteiger partial charge in [0.25, 0.3) is 0 Å². The average molecular weight is 404 g/mol. The number of anilines is 1. The van der Waals surface area contributed by atoms with Gasteiger partial charge in [-0.2, -0.15) is 11.8 Å². The number of halogens is 1. The van der Waals surface area contributed by atoms with Gasteiger partial charge in [-0.25, -0.2) is 0 Å². The number of nitrogens with zero attached hydrogens (tertiary/aromatic N) is 1. The number of thioether (sulfide) groups is 1. The average Bonchev–Trinajstić information content (AvgIpc) is 2.65. The Morgan fingerprint density at radius 1 is 1.35 bits per heavy atom. The molecule has 26 heavy (non-hydrogen) atoms. The number of piperidine rings is 1. The van der Waals surface area contributed by atoms with Gasteiger partial charge in [-0.3, -0.25) is 4.79 Å². The van der Waals surface area contributed by atoms with E-state index in [4.69, 9.17) is 15.2 Å². The number of likely N-dealkylation sites (tertiary alicyclic amines) is 1. The molecule has 0 bridgehead atoms. The van der Waals surface area contributed by atoms with Crippen LogP contribution in [0.25, 0.3) is 0 Å². The van der Waals surface area contributed by atoms with Crippen molar-refractivity contribution in [1.29, 1.82) is 0 Å². The van der Waals surface area contributed by atoms with Crippen molar-refractivity contribution < 1.29 is 14.3 Å². The van der Waals surface area contributed by atoms with Crippen LogP contribution >= 0.6 is 24.2 Å². The summed E-state index contributed by atoms with van der Waals surface area (Å²) in [4.78, 5) is 14.4. The van der Waals surface area contributed by atoms with E-state index in [2.05, 4.69) is 5.32 Å². The van der Waals surface area contributed by atoms with E-state index in [1.165, 1.54) is 0 Å². The second-order valence-corrected chi connectivity index (χ2v) is 7.24. The number of nitrogens with two attached hydrogens (primary N) is 1. The van der Waals surface area contributed by atoms with Gasteiger partial charge in [0, 0.05) is 43.0 Å². The topological polar surface area (TPSA) is 76.8 Å². The molecule has 0 radical (unpaired) electrons. The molecule has 2 unspecified atom stereocenters. The molecule has 1 amide bonds. The summed E-state index contributed by atoms with van der Waals surface area (Å²) in [6, 6.07) is 5.51. The highest BCUT2D eigenvalue weighted by atomic mass is 35.5. The summed E-state index contributed by atoms with van der Waals surface area (Å²) in [5, 5.41) is 3.50. The predicted octanol–water partition coefficient (Wildman–Crippen LogP) is 2.61. The van der Waals surface area contributed by atoms with Crippen LogP contribution in [-0.4, -0.2) is 62.2 Å². The summed E-state index contributed by atoms with van der Waals surface area (Å²) in [6.07, 6.45) is 4.74. The number of hydrogen-bond donors (Lipinski definition) is 2. The summed E-state index contributed by atoms with van der Waals surface area (Å²) < 4.78 is 10.6. The van der Waals surface area contributed by atoms with Crippen molar-refractivity contribution in [2.24, 2.45) is 5.73 Å². The molecule has 0 saturated carbocycles. The second kappa shape index (κ2) is 11.4. The molecule has 3 N–H and O–H groups in total.